The van der Waals surface area contributed by atoms with E-state index in [1.165, 1.54) is 0 Å². The van der Waals surface area contributed by atoms with Gasteiger partial charge in [-0.1, -0.05) is 0 Å². The summed E-state index contributed by atoms with van der Waals surface area (Å²) in [4.78, 5) is 3.64. The van der Waals surface area contributed by atoms with Crippen molar-refractivity contribution in [1.82, 2.24) is 10.3 Å². The Kier molecular flexibility index (Phi) is 0.892. The van der Waals surface area contributed by atoms with Crippen LogP contribution < -0.4 is 5.32 Å². The maximum absolute atomic E-state index is 8.36. The Morgan fingerprint density at radius 1 is 1.83 bits per heavy atom. The molecular weight excluding hydrogens is 236 g/mol. The number of nitrogens with one attached hydrogen (secondary N) is 1. The molecule has 66 valence electrons. The summed E-state index contributed by atoms with van der Waals surface area (Å²) in [6.45, 7) is -6.05. The van der Waals surface area contributed by atoms with Gasteiger partial charge in [-0.3, -0.25) is 0 Å². The van der Waals surface area contributed by atoms with Crippen LogP contribution >= 0.6 is 27.3 Å². The van der Waals surface area contributed by atoms with E-state index in [0.29, 0.717) is 11.3 Å². The van der Waals surface area contributed by atoms with E-state index in [0.717, 1.165) is 0 Å². The van der Waals surface area contributed by atoms with Crippen LogP contribution in [-0.4, -0.2) is 18.0 Å². The molecule has 2 nitrogen and oxygen atoms in total. The summed E-state index contributed by atoms with van der Waals surface area (Å²) in [5.74, 6) is -3.00. The van der Waals surface area contributed by atoms with Crippen LogP contribution in [0.5, 0.6) is 0 Å². The van der Waals surface area contributed by atoms with E-state index >= 15 is 0 Å². The monoisotopic (exact) mass is 256 g/mol. The molecule has 0 amide bonds. The third-order valence-electron chi connectivity index (χ3n) is 1.15. The van der Waals surface area contributed by atoms with Gasteiger partial charge < -0.3 is 5.32 Å². The summed E-state index contributed by atoms with van der Waals surface area (Å²) in [7, 11) is 0. The van der Waals surface area contributed by atoms with Crippen molar-refractivity contribution >= 4 is 27.3 Å². The SMILES string of the molecule is [2H]c1nc(C2([2H])C([2H])([2H])C([2H])([2H])NC([2H])([2H])C2([2H])[2H])sc1Br. The highest BCUT2D eigenvalue weighted by Crippen LogP contribution is 2.30. The molecule has 4 heteroatoms. The summed E-state index contributed by atoms with van der Waals surface area (Å²) in [5, 5.41) is 1.17. The van der Waals surface area contributed by atoms with E-state index in [9.17, 15) is 0 Å². The van der Waals surface area contributed by atoms with E-state index in [1.54, 1.807) is 5.32 Å². The molecule has 2 heterocycles. The maximum atomic E-state index is 8.36. The molecule has 0 atom stereocenters. The zero-order chi connectivity index (χ0) is 17.4. The summed E-state index contributed by atoms with van der Waals surface area (Å²) in [6, 6.07) is 0. The van der Waals surface area contributed by atoms with Crippen LogP contribution in [0.3, 0.4) is 0 Å². The fourth-order valence-corrected chi connectivity index (χ4v) is 1.79. The average molecular weight is 257 g/mol. The lowest BCUT2D eigenvalue weighted by Crippen LogP contribution is -2.26. The molecular formula is C8H11BrN2S. The average Bonchev–Trinajstić information content (AvgIpc) is 2.65. The van der Waals surface area contributed by atoms with Gasteiger partial charge in [0.15, 0.2) is 0 Å². The summed E-state index contributed by atoms with van der Waals surface area (Å²) in [6.07, 6.45) is -6.66. The molecule has 1 aromatic heterocycles. The summed E-state index contributed by atoms with van der Waals surface area (Å²) < 4.78 is 78.6. The maximum Gasteiger partial charge on any atom is 0.0968 e. The molecule has 2 rings (SSSR count). The second-order valence-electron chi connectivity index (χ2n) is 1.90. The van der Waals surface area contributed by atoms with Crippen molar-refractivity contribution in [2.24, 2.45) is 0 Å². The quantitative estimate of drug-likeness (QED) is 0.835. The topological polar surface area (TPSA) is 24.9 Å². The van der Waals surface area contributed by atoms with Crippen LogP contribution in [0.1, 0.15) is 37.4 Å². The molecule has 0 spiro atoms. The lowest BCUT2D eigenvalue weighted by molar-refractivity contribution is 0.459. The Hall–Kier alpha value is 0.0700. The third kappa shape index (κ3) is 1.87. The van der Waals surface area contributed by atoms with Crippen LogP contribution in [0.15, 0.2) is 9.96 Å². The molecule has 0 bridgehead atoms. The number of nitrogens with zero attached hydrogens (tertiary/aromatic N) is 1. The fraction of sp³-hybridized carbons (Fsp3) is 0.625. The van der Waals surface area contributed by atoms with Gasteiger partial charge in [-0.15, -0.1) is 11.3 Å². The minimum absolute atomic E-state index is 0.125. The lowest BCUT2D eigenvalue weighted by Gasteiger charge is -2.20. The van der Waals surface area contributed by atoms with Crippen molar-refractivity contribution in [2.45, 2.75) is 18.6 Å². The van der Waals surface area contributed by atoms with E-state index in [1.807, 2.05) is 0 Å². The minimum atomic E-state index is -3.15. The first kappa shape index (κ1) is 2.78. The summed E-state index contributed by atoms with van der Waals surface area (Å²) >= 11 is 3.59. The Morgan fingerprint density at radius 3 is 3.17 bits per heavy atom. The van der Waals surface area contributed by atoms with Crippen molar-refractivity contribution in [1.29, 1.82) is 0 Å². The van der Waals surface area contributed by atoms with Gasteiger partial charge in [0.25, 0.3) is 0 Å². The molecule has 1 N–H and O–H groups in total. The van der Waals surface area contributed by atoms with Crippen molar-refractivity contribution in [2.75, 3.05) is 13.0 Å². The highest BCUT2D eigenvalue weighted by molar-refractivity contribution is 9.11. The predicted octanol–water partition coefficient (Wildman–Crippen LogP) is 2.37. The van der Waals surface area contributed by atoms with E-state index in [4.69, 9.17) is 13.7 Å². The molecule has 0 radical (unpaired) electrons. The molecule has 1 aromatic rings. The van der Waals surface area contributed by atoms with Gasteiger partial charge in [0, 0.05) is 18.2 Å². The smallest absolute Gasteiger partial charge is 0.0968 e. The highest BCUT2D eigenvalue weighted by Gasteiger charge is 2.17. The number of hydrogen-bond donors (Lipinski definition) is 1. The Morgan fingerprint density at radius 2 is 2.58 bits per heavy atom. The van der Waals surface area contributed by atoms with Crippen molar-refractivity contribution in [3.05, 3.63) is 15.0 Å². The molecule has 1 fully saturated rings. The van der Waals surface area contributed by atoms with Crippen molar-refractivity contribution in [3.8, 4) is 0 Å². The molecule has 1 aliphatic heterocycles. The molecule has 1 aliphatic rings. The van der Waals surface area contributed by atoms with Gasteiger partial charge in [0.1, 0.15) is 0 Å². The fourth-order valence-electron chi connectivity index (χ4n) is 0.689. The Balaban J connectivity index is 2.81. The number of hydrogen-bond acceptors (Lipinski definition) is 3. The lowest BCUT2D eigenvalue weighted by atomic mass is 9.99. The van der Waals surface area contributed by atoms with Crippen molar-refractivity contribution in [3.63, 3.8) is 0 Å². The van der Waals surface area contributed by atoms with Crippen molar-refractivity contribution < 1.29 is 13.7 Å². The molecule has 0 unspecified atom stereocenters. The van der Waals surface area contributed by atoms with E-state index < -0.39 is 36.6 Å². The molecule has 12 heavy (non-hydrogen) atoms. The molecule has 0 aromatic carbocycles. The normalized spacial score (nSPS) is 51.4. The van der Waals surface area contributed by atoms with E-state index in [2.05, 4.69) is 20.9 Å². The van der Waals surface area contributed by atoms with Crippen LogP contribution in [0, 0.1) is 0 Å². The van der Waals surface area contributed by atoms with Gasteiger partial charge in [-0.05, 0) is 41.7 Å². The second kappa shape index (κ2) is 3.85. The van der Waals surface area contributed by atoms with Gasteiger partial charge in [0.2, 0.25) is 0 Å². The zero-order valence-electron chi connectivity index (χ0n) is 15.7. The van der Waals surface area contributed by atoms with Gasteiger partial charge in [-0.2, -0.15) is 0 Å². The van der Waals surface area contributed by atoms with Crippen LogP contribution in [0.25, 0.3) is 0 Å². The third-order valence-corrected chi connectivity index (χ3v) is 2.57. The first-order chi connectivity index (χ1) is 9.62. The minimum Gasteiger partial charge on any atom is -0.317 e. The van der Waals surface area contributed by atoms with Gasteiger partial charge in [-0.25, -0.2) is 4.98 Å². The molecule has 0 aliphatic carbocycles. The predicted molar refractivity (Wildman–Crippen MR) is 54.7 cm³/mol. The van der Waals surface area contributed by atoms with Gasteiger partial charge in [0.05, 0.1) is 16.3 Å². The van der Waals surface area contributed by atoms with Crippen LogP contribution in [0.2, 0.25) is 0 Å². The Labute approximate surface area is 98.6 Å². The van der Waals surface area contributed by atoms with E-state index in [-0.39, 0.29) is 9.96 Å². The van der Waals surface area contributed by atoms with Crippen LogP contribution in [0.4, 0.5) is 0 Å². The summed E-state index contributed by atoms with van der Waals surface area (Å²) in [5.41, 5.74) is 0. The highest BCUT2D eigenvalue weighted by atomic mass is 79.9. The second-order valence-corrected chi connectivity index (χ2v) is 4.22. The first-order valence-electron chi connectivity index (χ1n) is 8.04. The number of aromatic nitrogens is 1. The largest absolute Gasteiger partial charge is 0.317 e. The Bertz CT molecular complexity index is 569. The number of thiazole rings is 1. The molecule has 1 saturated heterocycles. The number of rotatable bonds is 1. The molecule has 0 saturated carbocycles. The number of halogens is 1. The van der Waals surface area contributed by atoms with Gasteiger partial charge >= 0.3 is 0 Å². The standard InChI is InChI=1S/C8H11BrN2S/c9-7-5-11-8(12-7)6-1-3-10-4-2-6/h5-6,10H,1-4H2/i1D2,2D2,3D2,4D2,5D,6D. The first-order valence-corrected chi connectivity index (χ1v) is 4.65. The number of piperidine rings is 1. The van der Waals surface area contributed by atoms with Crippen LogP contribution in [-0.2, 0) is 0 Å². The zero-order valence-corrected chi connectivity index (χ0v) is 8.14.